The summed E-state index contributed by atoms with van der Waals surface area (Å²) in [4.78, 5) is 12.7. The van der Waals surface area contributed by atoms with Crippen molar-refractivity contribution in [3.8, 4) is 0 Å². The van der Waals surface area contributed by atoms with Gasteiger partial charge in [-0.1, -0.05) is 12.1 Å². The van der Waals surface area contributed by atoms with Gasteiger partial charge in [0, 0.05) is 49.1 Å². The molecule has 0 spiro atoms. The predicted molar refractivity (Wildman–Crippen MR) is 125 cm³/mol. The minimum Gasteiger partial charge on any atom is -0.319 e. The van der Waals surface area contributed by atoms with Gasteiger partial charge >= 0.3 is 0 Å². The van der Waals surface area contributed by atoms with Crippen LogP contribution in [0.15, 0.2) is 36.7 Å². The van der Waals surface area contributed by atoms with E-state index in [0.717, 1.165) is 24.4 Å². The van der Waals surface area contributed by atoms with Crippen LogP contribution < -0.4 is 10.6 Å². The molecule has 0 radical (unpaired) electrons. The quantitative estimate of drug-likeness (QED) is 0.549. The Labute approximate surface area is 199 Å². The second-order valence-corrected chi connectivity index (χ2v) is 9.22. The van der Waals surface area contributed by atoms with E-state index >= 15 is 0 Å². The van der Waals surface area contributed by atoms with E-state index in [1.54, 1.807) is 6.20 Å². The van der Waals surface area contributed by atoms with E-state index in [1.807, 2.05) is 35.1 Å². The molecule has 5 nitrogen and oxygen atoms in total. The number of benzene rings is 1. The van der Waals surface area contributed by atoms with E-state index in [2.05, 4.69) is 15.7 Å². The van der Waals surface area contributed by atoms with Crippen LogP contribution in [0.5, 0.6) is 0 Å². The lowest BCUT2D eigenvalue weighted by Crippen LogP contribution is -2.38. The molecule has 1 aromatic heterocycles. The molecule has 1 heterocycles. The van der Waals surface area contributed by atoms with Crippen molar-refractivity contribution in [3.63, 3.8) is 0 Å². The average Bonchev–Trinajstić information content (AvgIpc) is 3.64. The smallest absolute Gasteiger partial charge is 0.255 e. The van der Waals surface area contributed by atoms with Crippen LogP contribution in [0.1, 0.15) is 66.8 Å². The first-order valence-corrected chi connectivity index (χ1v) is 11.0. The summed E-state index contributed by atoms with van der Waals surface area (Å²) in [5, 5.41) is 10.8. The van der Waals surface area contributed by atoms with E-state index in [0.29, 0.717) is 36.1 Å². The van der Waals surface area contributed by atoms with Crippen LogP contribution in [-0.2, 0) is 6.54 Å². The van der Waals surface area contributed by atoms with Gasteiger partial charge in [0.1, 0.15) is 0 Å². The molecule has 3 fully saturated rings. The van der Waals surface area contributed by atoms with Gasteiger partial charge in [-0.2, -0.15) is 5.10 Å². The van der Waals surface area contributed by atoms with Crippen LogP contribution in [0.3, 0.4) is 0 Å². The molecule has 1 aromatic carbocycles. The molecule has 0 bridgehead atoms. The number of nitrogens with zero attached hydrogens (tertiary/aromatic N) is 2. The summed E-state index contributed by atoms with van der Waals surface area (Å²) in [5.74, 6) is -1.55. The standard InChI is InChI=1S/C23H28F2N4O.2ClH/c24-23(25)8-6-18(7-9-23)27-21-11-20(21)16-2-1-3-17(10-16)22(30)28-19-12-26-29(14-19)13-15-4-5-15;;/h1-3,10,12,14-15,18,20-21,27H,4-9,11,13H2,(H,28,30);2*1H/t20-,21+;;/m0../s1. The Kier molecular flexibility index (Phi) is 7.84. The van der Waals surface area contributed by atoms with Gasteiger partial charge in [0.05, 0.1) is 11.9 Å². The first kappa shape index (κ1) is 24.9. The molecule has 0 unspecified atom stereocenters. The Hall–Kier alpha value is -1.70. The second-order valence-electron chi connectivity index (χ2n) is 9.22. The van der Waals surface area contributed by atoms with Crippen molar-refractivity contribution in [2.45, 2.75) is 75.4 Å². The SMILES string of the molecule is Cl.Cl.O=C(Nc1cnn(CC2CC2)c1)c1cccc([C@@H]2C[C@H]2NC2CCC(F)(F)CC2)c1. The van der Waals surface area contributed by atoms with Crippen molar-refractivity contribution in [2.75, 3.05) is 5.32 Å². The molecule has 1 amide bonds. The lowest BCUT2D eigenvalue weighted by atomic mass is 9.92. The Balaban J connectivity index is 0.00000144. The van der Waals surface area contributed by atoms with Crippen molar-refractivity contribution >= 4 is 36.4 Å². The first-order chi connectivity index (χ1) is 14.4. The van der Waals surface area contributed by atoms with Gasteiger partial charge in [0.25, 0.3) is 5.91 Å². The zero-order chi connectivity index (χ0) is 20.7. The number of nitrogens with one attached hydrogen (secondary N) is 2. The molecule has 2 N–H and O–H groups in total. The fourth-order valence-corrected chi connectivity index (χ4v) is 4.46. The normalized spacial score (nSPS) is 24.2. The Morgan fingerprint density at radius 1 is 1.16 bits per heavy atom. The van der Waals surface area contributed by atoms with Crippen LogP contribution in [-0.4, -0.2) is 33.7 Å². The topological polar surface area (TPSA) is 59.0 Å². The molecule has 176 valence electrons. The van der Waals surface area contributed by atoms with Crippen molar-refractivity contribution in [2.24, 2.45) is 5.92 Å². The van der Waals surface area contributed by atoms with Gasteiger partial charge in [-0.05, 0) is 55.7 Å². The molecule has 5 rings (SSSR count). The van der Waals surface area contributed by atoms with Crippen LogP contribution in [0.25, 0.3) is 0 Å². The van der Waals surface area contributed by atoms with Crippen LogP contribution in [0.4, 0.5) is 14.5 Å². The van der Waals surface area contributed by atoms with Crippen LogP contribution >= 0.6 is 24.8 Å². The molecular weight excluding hydrogens is 457 g/mol. The fourth-order valence-electron chi connectivity index (χ4n) is 4.46. The Morgan fingerprint density at radius 2 is 1.91 bits per heavy atom. The number of carbonyl (C=O) groups is 1. The maximum Gasteiger partial charge on any atom is 0.255 e. The molecule has 0 aliphatic heterocycles. The Morgan fingerprint density at radius 3 is 2.62 bits per heavy atom. The molecule has 3 aliphatic carbocycles. The van der Waals surface area contributed by atoms with Gasteiger partial charge in [0.2, 0.25) is 5.92 Å². The number of alkyl halides is 2. The number of halogens is 4. The van der Waals surface area contributed by atoms with Crippen molar-refractivity contribution < 1.29 is 13.6 Å². The minimum absolute atomic E-state index is 0. The number of rotatable bonds is 7. The summed E-state index contributed by atoms with van der Waals surface area (Å²) in [7, 11) is 0. The van der Waals surface area contributed by atoms with Gasteiger partial charge in [-0.15, -0.1) is 24.8 Å². The van der Waals surface area contributed by atoms with Gasteiger partial charge in [0.15, 0.2) is 0 Å². The van der Waals surface area contributed by atoms with Crippen molar-refractivity contribution in [3.05, 3.63) is 47.8 Å². The number of hydrogen-bond acceptors (Lipinski definition) is 3. The van der Waals surface area contributed by atoms with Gasteiger partial charge in [-0.3, -0.25) is 9.48 Å². The molecule has 3 aliphatic rings. The van der Waals surface area contributed by atoms with E-state index in [4.69, 9.17) is 0 Å². The molecule has 3 saturated carbocycles. The highest BCUT2D eigenvalue weighted by Gasteiger charge is 2.42. The lowest BCUT2D eigenvalue weighted by Gasteiger charge is -2.29. The molecular formula is C23H30Cl2F2N4O. The molecule has 2 aromatic rings. The van der Waals surface area contributed by atoms with Crippen LogP contribution in [0, 0.1) is 5.92 Å². The fraction of sp³-hybridized carbons (Fsp3) is 0.565. The third-order valence-corrected chi connectivity index (χ3v) is 6.57. The number of anilines is 1. The molecule has 2 atom stereocenters. The highest BCUT2D eigenvalue weighted by atomic mass is 35.5. The van der Waals surface area contributed by atoms with Gasteiger partial charge < -0.3 is 10.6 Å². The summed E-state index contributed by atoms with van der Waals surface area (Å²) in [6.07, 6.45) is 8.13. The highest BCUT2D eigenvalue weighted by molar-refractivity contribution is 6.04. The largest absolute Gasteiger partial charge is 0.319 e. The molecule has 9 heteroatoms. The summed E-state index contributed by atoms with van der Waals surface area (Å²) in [6, 6.07) is 8.23. The minimum atomic E-state index is -2.49. The number of hydrogen-bond donors (Lipinski definition) is 2. The Bertz CT molecular complexity index is 924. The summed E-state index contributed by atoms with van der Waals surface area (Å²) < 4.78 is 28.6. The average molecular weight is 487 g/mol. The summed E-state index contributed by atoms with van der Waals surface area (Å²) in [5.41, 5.74) is 2.47. The maximum absolute atomic E-state index is 13.3. The third-order valence-electron chi connectivity index (χ3n) is 6.57. The monoisotopic (exact) mass is 486 g/mol. The zero-order valence-corrected chi connectivity index (χ0v) is 19.4. The summed E-state index contributed by atoms with van der Waals surface area (Å²) >= 11 is 0. The first-order valence-electron chi connectivity index (χ1n) is 11.0. The van der Waals surface area contributed by atoms with Crippen molar-refractivity contribution in [1.29, 1.82) is 0 Å². The third kappa shape index (κ3) is 6.21. The highest BCUT2D eigenvalue weighted by Crippen LogP contribution is 2.43. The predicted octanol–water partition coefficient (Wildman–Crippen LogP) is 5.41. The maximum atomic E-state index is 13.3. The van der Waals surface area contributed by atoms with E-state index < -0.39 is 5.92 Å². The molecule has 0 saturated heterocycles. The molecule has 32 heavy (non-hydrogen) atoms. The van der Waals surface area contributed by atoms with Gasteiger partial charge in [-0.25, -0.2) is 8.78 Å². The second kappa shape index (κ2) is 10.1. The zero-order valence-electron chi connectivity index (χ0n) is 17.8. The van der Waals surface area contributed by atoms with E-state index in [1.165, 1.54) is 12.8 Å². The lowest BCUT2D eigenvalue weighted by molar-refractivity contribution is -0.0405. The number of aromatic nitrogens is 2. The number of carbonyl (C=O) groups excluding carboxylic acids is 1. The summed E-state index contributed by atoms with van der Waals surface area (Å²) in [6.45, 7) is 0.917. The van der Waals surface area contributed by atoms with E-state index in [9.17, 15) is 13.6 Å². The van der Waals surface area contributed by atoms with Crippen molar-refractivity contribution in [1.82, 2.24) is 15.1 Å². The van der Waals surface area contributed by atoms with E-state index in [-0.39, 0.29) is 49.6 Å². The number of amides is 1. The van der Waals surface area contributed by atoms with Crippen LogP contribution in [0.2, 0.25) is 0 Å².